The largest absolute Gasteiger partial charge is 0.451 e. The van der Waals surface area contributed by atoms with Crippen LogP contribution in [-0.2, 0) is 27.4 Å². The van der Waals surface area contributed by atoms with Gasteiger partial charge in [0.05, 0.1) is 5.69 Å². The second-order valence-corrected chi connectivity index (χ2v) is 6.47. The second-order valence-electron chi connectivity index (χ2n) is 6.47. The van der Waals surface area contributed by atoms with Crippen LogP contribution < -0.4 is 5.01 Å². The average molecular weight is 370 g/mol. The van der Waals surface area contributed by atoms with Gasteiger partial charge in [0.25, 0.3) is 5.89 Å². The minimum absolute atomic E-state index is 0.119. The Morgan fingerprint density at radius 3 is 2.89 bits per heavy atom. The molecule has 2 aromatic rings. The van der Waals surface area contributed by atoms with Crippen LogP contribution >= 0.6 is 0 Å². The van der Waals surface area contributed by atoms with E-state index in [1.807, 2.05) is 39.0 Å². The molecule has 0 spiro atoms. The number of aryl methyl sites for hydroxylation is 3. The lowest BCUT2D eigenvalue weighted by atomic mass is 10.1. The molecule has 0 fully saturated rings. The molecule has 0 saturated carbocycles. The van der Waals surface area contributed by atoms with Crippen molar-refractivity contribution >= 4 is 23.3 Å². The van der Waals surface area contributed by atoms with Crippen LogP contribution in [0.4, 0.5) is 5.69 Å². The van der Waals surface area contributed by atoms with E-state index in [0.717, 1.165) is 17.5 Å². The van der Waals surface area contributed by atoms with Gasteiger partial charge in [-0.25, -0.2) is 4.79 Å². The minimum Gasteiger partial charge on any atom is -0.451 e. The van der Waals surface area contributed by atoms with Crippen molar-refractivity contribution in [3.63, 3.8) is 0 Å². The molecule has 0 aliphatic carbocycles. The van der Waals surface area contributed by atoms with Gasteiger partial charge >= 0.3 is 5.97 Å². The van der Waals surface area contributed by atoms with Crippen LogP contribution in [0.15, 0.2) is 27.8 Å². The van der Waals surface area contributed by atoms with E-state index in [1.165, 1.54) is 5.01 Å². The maximum Gasteiger partial charge on any atom is 0.355 e. The highest BCUT2D eigenvalue weighted by Crippen LogP contribution is 2.25. The van der Waals surface area contributed by atoms with Crippen molar-refractivity contribution in [3.8, 4) is 0 Å². The van der Waals surface area contributed by atoms with Gasteiger partial charge in [0, 0.05) is 19.3 Å². The number of hydrogen-bond acceptors (Lipinski definition) is 7. The molecule has 142 valence electrons. The molecule has 8 nitrogen and oxygen atoms in total. The Kier molecular flexibility index (Phi) is 5.63. The second kappa shape index (κ2) is 8.11. The Morgan fingerprint density at radius 1 is 1.30 bits per heavy atom. The fourth-order valence-corrected chi connectivity index (χ4v) is 2.72. The van der Waals surface area contributed by atoms with Gasteiger partial charge in [-0.05, 0) is 37.5 Å². The summed E-state index contributed by atoms with van der Waals surface area (Å²) in [5.74, 6) is 0.0883. The number of hydrazone groups is 1. The van der Waals surface area contributed by atoms with E-state index in [4.69, 9.17) is 9.26 Å². The predicted octanol–water partition coefficient (Wildman–Crippen LogP) is 2.87. The molecule has 8 heteroatoms. The molecule has 0 atom stereocenters. The zero-order valence-electron chi connectivity index (χ0n) is 15.7. The summed E-state index contributed by atoms with van der Waals surface area (Å²) in [4.78, 5) is 28.8. The molecular weight excluding hydrogens is 348 g/mol. The third-order valence-corrected chi connectivity index (χ3v) is 4.17. The molecule has 0 saturated heterocycles. The van der Waals surface area contributed by atoms with E-state index < -0.39 is 5.97 Å². The van der Waals surface area contributed by atoms with Crippen molar-refractivity contribution in [1.82, 2.24) is 10.1 Å². The van der Waals surface area contributed by atoms with Crippen molar-refractivity contribution in [2.45, 2.75) is 53.1 Å². The van der Waals surface area contributed by atoms with Gasteiger partial charge in [0.15, 0.2) is 12.4 Å². The lowest BCUT2D eigenvalue weighted by molar-refractivity contribution is -0.137. The van der Waals surface area contributed by atoms with Gasteiger partial charge in [0.1, 0.15) is 5.71 Å². The van der Waals surface area contributed by atoms with E-state index in [1.54, 1.807) is 0 Å². The monoisotopic (exact) mass is 370 g/mol. The first-order chi connectivity index (χ1) is 13.0. The van der Waals surface area contributed by atoms with Crippen LogP contribution in [0.1, 0.15) is 49.0 Å². The number of aromatic nitrogens is 2. The summed E-state index contributed by atoms with van der Waals surface area (Å²) >= 11 is 0. The van der Waals surface area contributed by atoms with Crippen LogP contribution in [0, 0.1) is 13.8 Å². The smallest absolute Gasteiger partial charge is 0.355 e. The quantitative estimate of drug-likeness (QED) is 0.725. The maximum atomic E-state index is 12.4. The summed E-state index contributed by atoms with van der Waals surface area (Å²) in [5.41, 5.74) is 2.78. The molecule has 1 aliphatic heterocycles. The van der Waals surface area contributed by atoms with Crippen LogP contribution in [0.5, 0.6) is 0 Å². The Labute approximate surface area is 157 Å². The van der Waals surface area contributed by atoms with Crippen LogP contribution in [0.25, 0.3) is 0 Å². The molecule has 1 aromatic carbocycles. The van der Waals surface area contributed by atoms with Crippen molar-refractivity contribution in [2.75, 3.05) is 5.01 Å². The molecule has 0 radical (unpaired) electrons. The lowest BCUT2D eigenvalue weighted by Crippen LogP contribution is -2.35. The first-order valence-corrected chi connectivity index (χ1v) is 8.94. The van der Waals surface area contributed by atoms with E-state index in [2.05, 4.69) is 15.2 Å². The maximum absolute atomic E-state index is 12.4. The first-order valence-electron chi connectivity index (χ1n) is 8.94. The number of hydrogen-bond donors (Lipinski definition) is 0. The van der Waals surface area contributed by atoms with Gasteiger partial charge in [0.2, 0.25) is 5.91 Å². The number of carbonyl (C=O) groups is 2. The van der Waals surface area contributed by atoms with Gasteiger partial charge in [-0.15, -0.1) is 0 Å². The number of anilines is 1. The Bertz CT molecular complexity index is 888. The van der Waals surface area contributed by atoms with Crippen LogP contribution in [0.3, 0.4) is 0 Å². The SMILES string of the molecule is CCCc1noc(COC(=O)C2=NN(c3cc(C)ccc3C)C(=O)CC2)n1. The molecule has 1 amide bonds. The van der Waals surface area contributed by atoms with E-state index >= 15 is 0 Å². The van der Waals surface area contributed by atoms with Gasteiger partial charge in [-0.1, -0.05) is 24.2 Å². The van der Waals surface area contributed by atoms with E-state index in [9.17, 15) is 9.59 Å². The summed E-state index contributed by atoms with van der Waals surface area (Å²) in [5, 5.41) is 9.34. The molecule has 27 heavy (non-hydrogen) atoms. The summed E-state index contributed by atoms with van der Waals surface area (Å²) in [7, 11) is 0. The highest BCUT2D eigenvalue weighted by Gasteiger charge is 2.27. The van der Waals surface area contributed by atoms with Gasteiger partial charge in [-0.2, -0.15) is 15.1 Å². The molecule has 1 aliphatic rings. The average Bonchev–Trinajstić information content (AvgIpc) is 3.10. The summed E-state index contributed by atoms with van der Waals surface area (Å²) in [6, 6.07) is 5.76. The number of rotatable bonds is 6. The van der Waals surface area contributed by atoms with Crippen LogP contribution in [-0.4, -0.2) is 27.7 Å². The number of ether oxygens (including phenoxy) is 1. The summed E-state index contributed by atoms with van der Waals surface area (Å²) in [6.45, 7) is 5.73. The van der Waals surface area contributed by atoms with Crippen molar-refractivity contribution in [3.05, 3.63) is 41.0 Å². The Hall–Kier alpha value is -3.03. The number of benzene rings is 1. The minimum atomic E-state index is -0.590. The van der Waals surface area contributed by atoms with Crippen molar-refractivity contribution in [2.24, 2.45) is 5.10 Å². The number of carbonyl (C=O) groups excluding carboxylic acids is 2. The van der Waals surface area contributed by atoms with Crippen molar-refractivity contribution < 1.29 is 18.8 Å². The highest BCUT2D eigenvalue weighted by atomic mass is 16.6. The van der Waals surface area contributed by atoms with Crippen LogP contribution in [0.2, 0.25) is 0 Å². The number of esters is 1. The zero-order chi connectivity index (χ0) is 19.4. The topological polar surface area (TPSA) is 97.9 Å². The number of nitrogens with zero attached hydrogens (tertiary/aromatic N) is 4. The van der Waals surface area contributed by atoms with Gasteiger partial charge in [-0.3, -0.25) is 4.79 Å². The fraction of sp³-hybridized carbons (Fsp3) is 0.421. The normalized spacial score (nSPS) is 14.3. The summed E-state index contributed by atoms with van der Waals surface area (Å²) in [6.07, 6.45) is 2.04. The Balaban J connectivity index is 1.71. The highest BCUT2D eigenvalue weighted by molar-refractivity contribution is 6.38. The predicted molar refractivity (Wildman–Crippen MR) is 98.2 cm³/mol. The van der Waals surface area contributed by atoms with Gasteiger partial charge < -0.3 is 9.26 Å². The van der Waals surface area contributed by atoms with Crippen molar-refractivity contribution in [1.29, 1.82) is 0 Å². The zero-order valence-corrected chi connectivity index (χ0v) is 15.7. The van der Waals surface area contributed by atoms with E-state index in [-0.39, 0.29) is 37.0 Å². The molecule has 0 bridgehead atoms. The Morgan fingerprint density at radius 2 is 2.11 bits per heavy atom. The van der Waals surface area contributed by atoms with E-state index in [0.29, 0.717) is 17.9 Å². The first kappa shape index (κ1) is 18.8. The molecular formula is C19H22N4O4. The third kappa shape index (κ3) is 4.39. The summed E-state index contributed by atoms with van der Waals surface area (Å²) < 4.78 is 10.3. The molecule has 3 rings (SSSR count). The third-order valence-electron chi connectivity index (χ3n) is 4.17. The fourth-order valence-electron chi connectivity index (χ4n) is 2.72. The lowest BCUT2D eigenvalue weighted by Gasteiger charge is -2.24. The number of amides is 1. The molecule has 2 heterocycles. The standard InChI is InChI=1S/C19H22N4O4/c1-4-5-16-20-17(27-22-16)11-26-19(25)14-8-9-18(24)23(21-14)15-10-12(2)6-7-13(15)3/h6-7,10H,4-5,8-9,11H2,1-3H3. The molecule has 0 unspecified atom stereocenters. The molecule has 0 N–H and O–H groups in total. The molecule has 1 aromatic heterocycles.